The van der Waals surface area contributed by atoms with Crippen molar-refractivity contribution in [3.8, 4) is 0 Å². The molecule has 5 nitrogen and oxygen atoms in total. The Morgan fingerprint density at radius 2 is 2.12 bits per heavy atom. The van der Waals surface area contributed by atoms with Crippen molar-refractivity contribution >= 4 is 28.2 Å². The van der Waals surface area contributed by atoms with Gasteiger partial charge in [0.1, 0.15) is 0 Å². The maximum atomic E-state index is 11.9. The first-order chi connectivity index (χ1) is 7.37. The number of hydrogen-bond acceptors (Lipinski definition) is 4. The van der Waals surface area contributed by atoms with Gasteiger partial charge in [0.25, 0.3) is 0 Å². The highest BCUT2D eigenvalue weighted by Crippen LogP contribution is 2.13. The van der Waals surface area contributed by atoms with E-state index in [4.69, 9.17) is 5.73 Å². The lowest BCUT2D eigenvalue weighted by Crippen LogP contribution is -2.54. The van der Waals surface area contributed by atoms with Crippen molar-refractivity contribution < 1.29 is 13.2 Å². The molecule has 0 saturated carbocycles. The van der Waals surface area contributed by atoms with Crippen LogP contribution in [0.5, 0.6) is 0 Å². The summed E-state index contributed by atoms with van der Waals surface area (Å²) in [4.78, 5) is 13.5. The lowest BCUT2D eigenvalue weighted by Gasteiger charge is -2.34. The van der Waals surface area contributed by atoms with Gasteiger partial charge in [-0.15, -0.1) is 12.4 Å². The fraction of sp³-hybridized carbons (Fsp3) is 0.900. The van der Waals surface area contributed by atoms with Crippen LogP contribution in [0, 0.1) is 0 Å². The summed E-state index contributed by atoms with van der Waals surface area (Å²) in [7, 11) is -2.97. The van der Waals surface area contributed by atoms with Crippen molar-refractivity contribution in [3.63, 3.8) is 0 Å². The third-order valence-electron chi connectivity index (χ3n) is 2.87. The Kier molecular flexibility index (Phi) is 6.43. The minimum Gasteiger partial charge on any atom is -0.337 e. The fourth-order valence-electron chi connectivity index (χ4n) is 1.97. The molecular formula is C10H21ClN2O3S. The van der Waals surface area contributed by atoms with Crippen LogP contribution in [0.3, 0.4) is 0 Å². The molecule has 1 aliphatic heterocycles. The molecular weight excluding hydrogens is 264 g/mol. The van der Waals surface area contributed by atoms with E-state index in [9.17, 15) is 13.2 Å². The molecule has 1 heterocycles. The molecule has 2 N–H and O–H groups in total. The molecule has 2 atom stereocenters. The van der Waals surface area contributed by atoms with E-state index in [1.165, 1.54) is 0 Å². The summed E-state index contributed by atoms with van der Waals surface area (Å²) in [5.74, 6) is -0.0104. The third kappa shape index (κ3) is 4.44. The predicted octanol–water partition coefficient (Wildman–Crippen LogP) is 0.181. The monoisotopic (exact) mass is 284 g/mol. The molecule has 0 radical (unpaired) electrons. The molecule has 1 aliphatic rings. The largest absolute Gasteiger partial charge is 0.337 e. The molecule has 0 aromatic carbocycles. The topological polar surface area (TPSA) is 80.5 Å². The summed E-state index contributed by atoms with van der Waals surface area (Å²) in [6, 6.07) is -0.748. The smallest absolute Gasteiger partial charge is 0.239 e. The van der Waals surface area contributed by atoms with E-state index in [1.807, 2.05) is 6.92 Å². The van der Waals surface area contributed by atoms with Gasteiger partial charge in [-0.05, 0) is 13.3 Å². The van der Waals surface area contributed by atoms with E-state index in [0.717, 1.165) is 6.42 Å². The zero-order valence-corrected chi connectivity index (χ0v) is 11.9. The van der Waals surface area contributed by atoms with Gasteiger partial charge in [-0.25, -0.2) is 8.42 Å². The number of carbonyl (C=O) groups is 1. The first-order valence-electron chi connectivity index (χ1n) is 5.64. The first kappa shape index (κ1) is 16.7. The Morgan fingerprint density at radius 3 is 2.59 bits per heavy atom. The second-order valence-corrected chi connectivity index (χ2v) is 6.62. The average Bonchev–Trinajstić information content (AvgIpc) is 2.16. The maximum absolute atomic E-state index is 11.9. The number of hydrogen-bond donors (Lipinski definition) is 1. The minimum atomic E-state index is -2.97. The number of sulfone groups is 1. The number of carbonyl (C=O) groups excluding carboxylic acids is 1. The van der Waals surface area contributed by atoms with Gasteiger partial charge in [-0.1, -0.05) is 13.3 Å². The van der Waals surface area contributed by atoms with Crippen LogP contribution in [-0.4, -0.2) is 49.4 Å². The number of amides is 1. The molecule has 0 aliphatic carbocycles. The first-order valence-corrected chi connectivity index (χ1v) is 7.46. The van der Waals surface area contributed by atoms with Crippen molar-refractivity contribution in [2.45, 2.75) is 38.8 Å². The number of rotatable bonds is 3. The Balaban J connectivity index is 0.00000256. The van der Waals surface area contributed by atoms with E-state index in [0.29, 0.717) is 6.42 Å². The van der Waals surface area contributed by atoms with E-state index < -0.39 is 15.9 Å². The molecule has 0 bridgehead atoms. The van der Waals surface area contributed by atoms with Crippen LogP contribution in [0.25, 0.3) is 0 Å². The van der Waals surface area contributed by atoms with Gasteiger partial charge < -0.3 is 10.6 Å². The summed E-state index contributed by atoms with van der Waals surface area (Å²) >= 11 is 0. The summed E-state index contributed by atoms with van der Waals surface area (Å²) in [6.07, 6.45) is 1.50. The standard InChI is InChI=1S/C10H20N2O3S.ClH/c1-3-4-9(11)10(13)12-5-6-16(14,15)7-8(12)2;/h8-9H,3-7,11H2,1-2H3;1H. The van der Waals surface area contributed by atoms with Gasteiger partial charge in [0, 0.05) is 12.6 Å². The van der Waals surface area contributed by atoms with Gasteiger partial charge in [0.05, 0.1) is 17.5 Å². The van der Waals surface area contributed by atoms with Gasteiger partial charge in [0.15, 0.2) is 9.84 Å². The quantitative estimate of drug-likeness (QED) is 0.802. The zero-order chi connectivity index (χ0) is 12.3. The summed E-state index contributed by atoms with van der Waals surface area (Å²) in [5.41, 5.74) is 5.75. The molecule has 0 aromatic heterocycles. The molecule has 1 rings (SSSR count). The van der Waals surface area contributed by atoms with E-state index in [-0.39, 0.29) is 42.4 Å². The minimum absolute atomic E-state index is 0. The van der Waals surface area contributed by atoms with Crippen LogP contribution in [0.2, 0.25) is 0 Å². The average molecular weight is 285 g/mol. The number of nitrogens with zero attached hydrogens (tertiary/aromatic N) is 1. The lowest BCUT2D eigenvalue weighted by molar-refractivity contribution is -0.134. The zero-order valence-electron chi connectivity index (χ0n) is 10.3. The van der Waals surface area contributed by atoms with Gasteiger partial charge in [0.2, 0.25) is 5.91 Å². The van der Waals surface area contributed by atoms with Gasteiger partial charge >= 0.3 is 0 Å². The van der Waals surface area contributed by atoms with Gasteiger partial charge in [-0.3, -0.25) is 4.79 Å². The summed E-state index contributed by atoms with van der Waals surface area (Å²) < 4.78 is 22.7. The summed E-state index contributed by atoms with van der Waals surface area (Å²) in [6.45, 7) is 4.00. The molecule has 17 heavy (non-hydrogen) atoms. The Labute approximate surface area is 109 Å². The molecule has 2 unspecified atom stereocenters. The number of halogens is 1. The molecule has 0 aromatic rings. The predicted molar refractivity (Wildman–Crippen MR) is 70.0 cm³/mol. The van der Waals surface area contributed by atoms with Crippen LogP contribution >= 0.6 is 12.4 Å². The van der Waals surface area contributed by atoms with Gasteiger partial charge in [-0.2, -0.15) is 0 Å². The molecule has 1 amide bonds. The highest BCUT2D eigenvalue weighted by atomic mass is 35.5. The van der Waals surface area contributed by atoms with Crippen LogP contribution in [0.15, 0.2) is 0 Å². The van der Waals surface area contributed by atoms with E-state index >= 15 is 0 Å². The molecule has 7 heteroatoms. The lowest BCUT2D eigenvalue weighted by atomic mass is 10.1. The van der Waals surface area contributed by atoms with Crippen LogP contribution in [-0.2, 0) is 14.6 Å². The summed E-state index contributed by atoms with van der Waals surface area (Å²) in [5, 5.41) is 0. The van der Waals surface area contributed by atoms with E-state index in [1.54, 1.807) is 11.8 Å². The third-order valence-corrected chi connectivity index (χ3v) is 4.67. The van der Waals surface area contributed by atoms with Crippen LogP contribution in [0.4, 0.5) is 0 Å². The van der Waals surface area contributed by atoms with Crippen molar-refractivity contribution in [2.75, 3.05) is 18.1 Å². The second kappa shape index (κ2) is 6.56. The molecule has 102 valence electrons. The van der Waals surface area contributed by atoms with Crippen molar-refractivity contribution in [1.29, 1.82) is 0 Å². The SMILES string of the molecule is CCCC(N)C(=O)N1CCS(=O)(=O)CC1C.Cl. The van der Waals surface area contributed by atoms with Crippen LogP contribution in [0.1, 0.15) is 26.7 Å². The second-order valence-electron chi connectivity index (χ2n) is 4.39. The maximum Gasteiger partial charge on any atom is 0.239 e. The van der Waals surface area contributed by atoms with Crippen LogP contribution < -0.4 is 5.73 Å². The highest BCUT2D eigenvalue weighted by molar-refractivity contribution is 7.91. The number of nitrogens with two attached hydrogens (primary N) is 1. The molecule has 1 saturated heterocycles. The molecule has 0 spiro atoms. The van der Waals surface area contributed by atoms with Crippen molar-refractivity contribution in [2.24, 2.45) is 5.73 Å². The Hall–Kier alpha value is -0.330. The Bertz CT molecular complexity index is 359. The van der Waals surface area contributed by atoms with Crippen molar-refractivity contribution in [3.05, 3.63) is 0 Å². The normalized spacial score (nSPS) is 24.9. The van der Waals surface area contributed by atoms with Crippen molar-refractivity contribution in [1.82, 2.24) is 4.90 Å². The molecule has 1 fully saturated rings. The Morgan fingerprint density at radius 1 is 1.53 bits per heavy atom. The fourth-order valence-corrected chi connectivity index (χ4v) is 3.53. The van der Waals surface area contributed by atoms with E-state index in [2.05, 4.69) is 0 Å². The highest BCUT2D eigenvalue weighted by Gasteiger charge is 2.32.